The van der Waals surface area contributed by atoms with Gasteiger partial charge in [0.1, 0.15) is 0 Å². The molecule has 0 atom stereocenters. The van der Waals surface area contributed by atoms with E-state index in [1.54, 1.807) is 0 Å². The number of hydrogen-bond acceptors (Lipinski definition) is 2. The number of unbranched alkanes of at least 4 members (excludes halogenated alkanes) is 11. The monoisotopic (exact) mass is 449 g/mol. The number of carboxylic acids is 1. The van der Waals surface area contributed by atoms with Crippen molar-refractivity contribution >= 4 is 27.1 Å². The van der Waals surface area contributed by atoms with E-state index in [4.69, 9.17) is 0 Å². The van der Waals surface area contributed by atoms with E-state index in [1.807, 2.05) is 0 Å². The number of rotatable bonds is 15. The number of carboxylic acid groups (broad SMARTS) is 1. The van der Waals surface area contributed by atoms with Crippen molar-refractivity contribution in [3.63, 3.8) is 0 Å². The zero-order valence-electron chi connectivity index (χ0n) is 16.4. The molecule has 143 valence electrons. The van der Waals surface area contributed by atoms with Crippen molar-refractivity contribution in [1.82, 2.24) is 0 Å². The molecule has 3 nitrogen and oxygen atoms in total. The molecule has 2 N–H and O–H groups in total. The minimum absolute atomic E-state index is 0. The molecule has 0 aliphatic rings. The van der Waals surface area contributed by atoms with Gasteiger partial charge in [-0.05, 0) is 38.5 Å². The summed E-state index contributed by atoms with van der Waals surface area (Å²) < 4.78 is 0. The van der Waals surface area contributed by atoms with Gasteiger partial charge in [-0.2, -0.15) is 0 Å². The van der Waals surface area contributed by atoms with Crippen LogP contribution in [0.2, 0.25) is 9.88 Å². The molecule has 1 radical (unpaired) electrons. The van der Waals surface area contributed by atoms with Crippen LogP contribution < -0.4 is 5.11 Å². The van der Waals surface area contributed by atoms with Crippen LogP contribution in [0.1, 0.15) is 96.8 Å². The van der Waals surface area contributed by atoms with E-state index < -0.39 is 5.97 Å². The van der Waals surface area contributed by atoms with Crippen molar-refractivity contribution in [2.24, 2.45) is 0 Å². The van der Waals surface area contributed by atoms with Gasteiger partial charge >= 0.3 is 31.0 Å². The molecule has 0 rings (SSSR count). The quantitative estimate of drug-likeness (QED) is 0.206. The molecule has 0 aromatic heterocycles. The third-order valence-electron chi connectivity index (χ3n) is 3.64. The first kappa shape index (κ1) is 28.8. The number of allylic oxidation sites excluding steroid dienone is 2. The minimum atomic E-state index is -0.914. The number of aliphatic carboxylic acids is 1. The van der Waals surface area contributed by atoms with Crippen LogP contribution in [0.15, 0.2) is 12.2 Å². The Balaban J connectivity index is -0.00000102. The fourth-order valence-electron chi connectivity index (χ4n) is 2.34. The maximum absolute atomic E-state index is 10.2. The van der Waals surface area contributed by atoms with Crippen LogP contribution in [-0.4, -0.2) is 32.6 Å². The Hall–Kier alpha value is -0.0313. The molecule has 0 aromatic carbocycles. The molecule has 0 saturated heterocycles. The van der Waals surface area contributed by atoms with Gasteiger partial charge in [0.15, 0.2) is 0 Å². The second-order valence-corrected chi connectivity index (χ2v) is 9.06. The van der Waals surface area contributed by atoms with Gasteiger partial charge in [0, 0.05) is 5.97 Å². The summed E-state index contributed by atoms with van der Waals surface area (Å²) in [6.07, 6.45) is 20.9. The molecule has 0 unspecified atom stereocenters. The van der Waals surface area contributed by atoms with Gasteiger partial charge < -0.3 is 15.4 Å². The van der Waals surface area contributed by atoms with Crippen LogP contribution in [0.3, 0.4) is 0 Å². The van der Waals surface area contributed by atoms with E-state index in [0.29, 0.717) is 0 Å². The van der Waals surface area contributed by atoms with Gasteiger partial charge in [0.05, 0.1) is 0 Å². The molecule has 0 aromatic rings. The summed E-state index contributed by atoms with van der Waals surface area (Å²) >= 11 is 0.230. The topological polar surface area (TPSA) is 71.6 Å². The molecule has 0 spiro atoms. The Bertz CT molecular complexity index is 255. The van der Waals surface area contributed by atoms with E-state index >= 15 is 0 Å². The van der Waals surface area contributed by atoms with Gasteiger partial charge in [-0.3, -0.25) is 0 Å². The average Bonchev–Trinajstić information content (AvgIpc) is 2.51. The summed E-state index contributed by atoms with van der Waals surface area (Å²) in [5.74, 6) is -0.914. The van der Waals surface area contributed by atoms with Gasteiger partial charge in [0.25, 0.3) is 0 Å². The van der Waals surface area contributed by atoms with Gasteiger partial charge in [-0.25, -0.2) is 0 Å². The molecule has 0 heterocycles. The Kier molecular flexibility index (Phi) is 33.3. The van der Waals surface area contributed by atoms with E-state index in [2.05, 4.69) is 29.0 Å². The Morgan fingerprint density at radius 3 is 1.58 bits per heavy atom. The predicted octanol–water partition coefficient (Wildman–Crippen LogP) is 4.74. The average molecular weight is 448 g/mol. The fraction of sp³-hybridized carbons (Fsp3) is 0.850. The first-order chi connectivity index (χ1) is 11.2. The SMILES string of the molecule is CCCCCCCC/C=C\CCCCCCCC(=O)[O-].O.[CH3][Sn+][CH3]. The van der Waals surface area contributed by atoms with E-state index in [0.717, 1.165) is 19.3 Å². The summed E-state index contributed by atoms with van der Waals surface area (Å²) in [7, 11) is 0. The van der Waals surface area contributed by atoms with Gasteiger partial charge in [-0.15, -0.1) is 0 Å². The van der Waals surface area contributed by atoms with Gasteiger partial charge in [0.2, 0.25) is 0 Å². The zero-order valence-corrected chi connectivity index (χ0v) is 19.2. The first-order valence-electron chi connectivity index (χ1n) is 9.62. The number of carbonyl (C=O) groups is 1. The van der Waals surface area contributed by atoms with E-state index in [-0.39, 0.29) is 33.0 Å². The van der Waals surface area contributed by atoms with Crippen molar-refractivity contribution in [3.05, 3.63) is 12.2 Å². The maximum atomic E-state index is 10.2. The predicted molar refractivity (Wildman–Crippen MR) is 106 cm³/mol. The van der Waals surface area contributed by atoms with Crippen LogP contribution in [0.25, 0.3) is 0 Å². The van der Waals surface area contributed by atoms with Crippen molar-refractivity contribution in [2.45, 2.75) is 107 Å². The van der Waals surface area contributed by atoms with Crippen LogP contribution in [-0.2, 0) is 4.79 Å². The third-order valence-corrected chi connectivity index (χ3v) is 3.64. The number of carbonyl (C=O) groups excluding carboxylic acids is 1. The molecular weight excluding hydrogens is 407 g/mol. The number of hydrogen-bond donors (Lipinski definition) is 0. The summed E-state index contributed by atoms with van der Waals surface area (Å²) in [5.41, 5.74) is 0. The van der Waals surface area contributed by atoms with Crippen molar-refractivity contribution in [2.75, 3.05) is 0 Å². The van der Waals surface area contributed by atoms with Crippen LogP contribution in [0, 0.1) is 0 Å². The normalized spacial score (nSPS) is 9.96. The molecule has 4 heteroatoms. The molecule has 0 fully saturated rings. The van der Waals surface area contributed by atoms with Crippen molar-refractivity contribution in [1.29, 1.82) is 0 Å². The van der Waals surface area contributed by atoms with Crippen molar-refractivity contribution in [3.8, 4) is 0 Å². The molecule has 0 aliphatic carbocycles. The third kappa shape index (κ3) is 33.5. The summed E-state index contributed by atoms with van der Waals surface area (Å²) in [4.78, 5) is 14.8. The summed E-state index contributed by atoms with van der Waals surface area (Å²) in [6.45, 7) is 2.26. The zero-order chi connectivity index (χ0) is 17.6. The molecule has 0 bridgehead atoms. The summed E-state index contributed by atoms with van der Waals surface area (Å²) in [5, 5.41) is 10.2. The molecule has 0 aliphatic heterocycles. The Morgan fingerprint density at radius 1 is 0.792 bits per heavy atom. The molecule has 0 amide bonds. The van der Waals surface area contributed by atoms with E-state index in [1.165, 1.54) is 64.2 Å². The van der Waals surface area contributed by atoms with Crippen LogP contribution in [0.5, 0.6) is 0 Å². The standard InChI is InChI=1S/C18H34O2.2CH3.H2O.Sn/c1-2-3-4-5-6-7-8-9-10-11-12-13-14-15-16-17-18(19)20;;;;/h9-10H,2-8,11-17H2,1H3,(H,19,20);2*1H3;1H2;/q;;;;+1/p-1/b10-9-;;;;. The first-order valence-corrected chi connectivity index (χ1v) is 15.3. The van der Waals surface area contributed by atoms with E-state index in [9.17, 15) is 9.90 Å². The fourth-order valence-corrected chi connectivity index (χ4v) is 2.34. The summed E-state index contributed by atoms with van der Waals surface area (Å²) in [6, 6.07) is 0. The Morgan fingerprint density at radius 2 is 1.17 bits per heavy atom. The second kappa shape index (κ2) is 27.8. The van der Waals surface area contributed by atoms with Crippen LogP contribution >= 0.6 is 0 Å². The molecular formula is C20H41O3Sn. The molecule has 24 heavy (non-hydrogen) atoms. The molecule has 0 saturated carbocycles. The van der Waals surface area contributed by atoms with Gasteiger partial charge in [-0.1, -0.05) is 70.4 Å². The van der Waals surface area contributed by atoms with Crippen molar-refractivity contribution < 1.29 is 15.4 Å². The van der Waals surface area contributed by atoms with Crippen LogP contribution in [0.4, 0.5) is 0 Å². The Labute approximate surface area is 161 Å². The second-order valence-electron chi connectivity index (χ2n) is 6.21.